The van der Waals surface area contributed by atoms with Crippen LogP contribution < -0.4 is 10.6 Å². The molecule has 21 heavy (non-hydrogen) atoms. The number of rotatable bonds is 5. The number of hydrogen-bond acceptors (Lipinski definition) is 2. The van der Waals surface area contributed by atoms with Crippen molar-refractivity contribution < 1.29 is 0 Å². The molecule has 1 heterocycles. The number of fused-ring (bicyclic) bond motifs is 1. The Bertz CT molecular complexity index is 582. The molecule has 1 fully saturated rings. The highest BCUT2D eigenvalue weighted by atomic mass is 15.0. The lowest BCUT2D eigenvalue weighted by molar-refractivity contribution is 0.408. The van der Waals surface area contributed by atoms with Crippen molar-refractivity contribution in [2.24, 2.45) is 0 Å². The second kappa shape index (κ2) is 6.59. The van der Waals surface area contributed by atoms with Gasteiger partial charge >= 0.3 is 0 Å². The zero-order chi connectivity index (χ0) is 14.7. The van der Waals surface area contributed by atoms with Crippen LogP contribution in [-0.4, -0.2) is 18.6 Å². The minimum Gasteiger partial charge on any atom is -0.314 e. The standard InChI is InChI=1S/C19H26N2/c1-14(13-17-9-6-12-20-17)21-15(2)18-11-5-8-16-7-3-4-10-19(16)18/h3-5,7-8,10-11,14-15,17,20-21H,6,9,12-13H2,1-2H3. The maximum Gasteiger partial charge on any atom is 0.0300 e. The van der Waals surface area contributed by atoms with Crippen molar-refractivity contribution in [2.45, 2.75) is 51.2 Å². The normalized spacial score (nSPS) is 21.5. The molecule has 2 heteroatoms. The molecule has 0 bridgehead atoms. The summed E-state index contributed by atoms with van der Waals surface area (Å²) in [5, 5.41) is 10.1. The van der Waals surface area contributed by atoms with E-state index < -0.39 is 0 Å². The highest BCUT2D eigenvalue weighted by Crippen LogP contribution is 2.24. The average molecular weight is 282 g/mol. The van der Waals surface area contributed by atoms with Crippen LogP contribution in [0.25, 0.3) is 10.8 Å². The van der Waals surface area contributed by atoms with Crippen molar-refractivity contribution >= 4 is 10.8 Å². The quantitative estimate of drug-likeness (QED) is 0.865. The fourth-order valence-corrected chi connectivity index (χ4v) is 3.60. The van der Waals surface area contributed by atoms with Crippen molar-refractivity contribution in [3.8, 4) is 0 Å². The Kier molecular flexibility index (Phi) is 4.57. The van der Waals surface area contributed by atoms with Crippen LogP contribution in [0.4, 0.5) is 0 Å². The Hall–Kier alpha value is -1.38. The van der Waals surface area contributed by atoms with E-state index in [1.54, 1.807) is 0 Å². The van der Waals surface area contributed by atoms with Gasteiger partial charge in [0.05, 0.1) is 0 Å². The van der Waals surface area contributed by atoms with E-state index in [2.05, 4.69) is 66.9 Å². The highest BCUT2D eigenvalue weighted by molar-refractivity contribution is 5.86. The van der Waals surface area contributed by atoms with Gasteiger partial charge in [-0.05, 0) is 56.0 Å². The maximum atomic E-state index is 3.78. The van der Waals surface area contributed by atoms with Crippen LogP contribution >= 0.6 is 0 Å². The molecule has 2 nitrogen and oxygen atoms in total. The molecule has 0 amide bonds. The molecule has 0 spiro atoms. The fourth-order valence-electron chi connectivity index (χ4n) is 3.60. The van der Waals surface area contributed by atoms with Crippen molar-refractivity contribution in [2.75, 3.05) is 6.54 Å². The van der Waals surface area contributed by atoms with Gasteiger partial charge in [-0.3, -0.25) is 0 Å². The third kappa shape index (κ3) is 3.45. The van der Waals surface area contributed by atoms with E-state index in [9.17, 15) is 0 Å². The summed E-state index contributed by atoms with van der Waals surface area (Å²) < 4.78 is 0. The Morgan fingerprint density at radius 1 is 1.14 bits per heavy atom. The van der Waals surface area contributed by atoms with Crippen LogP contribution in [0.5, 0.6) is 0 Å². The highest BCUT2D eigenvalue weighted by Gasteiger charge is 2.18. The minimum atomic E-state index is 0.382. The van der Waals surface area contributed by atoms with Crippen LogP contribution in [0, 0.1) is 0 Å². The van der Waals surface area contributed by atoms with Gasteiger partial charge < -0.3 is 10.6 Å². The Morgan fingerprint density at radius 2 is 1.95 bits per heavy atom. The number of benzene rings is 2. The fraction of sp³-hybridized carbons (Fsp3) is 0.474. The lowest BCUT2D eigenvalue weighted by atomic mass is 9.98. The lowest BCUT2D eigenvalue weighted by Gasteiger charge is -2.24. The largest absolute Gasteiger partial charge is 0.314 e. The van der Waals surface area contributed by atoms with Crippen molar-refractivity contribution in [1.29, 1.82) is 0 Å². The van der Waals surface area contributed by atoms with Gasteiger partial charge in [0.2, 0.25) is 0 Å². The monoisotopic (exact) mass is 282 g/mol. The van der Waals surface area contributed by atoms with Crippen LogP contribution in [0.2, 0.25) is 0 Å². The summed E-state index contributed by atoms with van der Waals surface area (Å²) in [4.78, 5) is 0. The first kappa shape index (κ1) is 14.6. The molecule has 0 aromatic heterocycles. The van der Waals surface area contributed by atoms with Gasteiger partial charge in [0, 0.05) is 18.1 Å². The van der Waals surface area contributed by atoms with E-state index in [1.807, 2.05) is 0 Å². The predicted molar refractivity (Wildman–Crippen MR) is 90.6 cm³/mol. The first-order valence-corrected chi connectivity index (χ1v) is 8.21. The van der Waals surface area contributed by atoms with Crippen LogP contribution in [0.1, 0.15) is 44.7 Å². The summed E-state index contributed by atoms with van der Waals surface area (Å²) in [5.74, 6) is 0. The van der Waals surface area contributed by atoms with E-state index >= 15 is 0 Å². The van der Waals surface area contributed by atoms with Gasteiger partial charge in [0.15, 0.2) is 0 Å². The molecule has 0 saturated carbocycles. The van der Waals surface area contributed by atoms with E-state index in [0.717, 1.165) is 0 Å². The van der Waals surface area contributed by atoms with Gasteiger partial charge in [-0.25, -0.2) is 0 Å². The summed E-state index contributed by atoms with van der Waals surface area (Å²) in [5.41, 5.74) is 1.40. The summed E-state index contributed by atoms with van der Waals surface area (Å²) >= 11 is 0. The molecule has 3 unspecified atom stereocenters. The molecule has 2 N–H and O–H groups in total. The minimum absolute atomic E-state index is 0.382. The molecule has 1 aliphatic heterocycles. The second-order valence-corrected chi connectivity index (χ2v) is 6.39. The Labute approximate surface area is 127 Å². The second-order valence-electron chi connectivity index (χ2n) is 6.39. The van der Waals surface area contributed by atoms with E-state index in [-0.39, 0.29) is 0 Å². The molecule has 2 aromatic carbocycles. The van der Waals surface area contributed by atoms with Crippen LogP contribution in [-0.2, 0) is 0 Å². The topological polar surface area (TPSA) is 24.1 Å². The lowest BCUT2D eigenvalue weighted by Crippen LogP contribution is -2.35. The van der Waals surface area contributed by atoms with E-state index in [0.29, 0.717) is 18.1 Å². The number of hydrogen-bond donors (Lipinski definition) is 2. The summed E-state index contributed by atoms with van der Waals surface area (Å²) in [6, 6.07) is 16.9. The summed E-state index contributed by atoms with van der Waals surface area (Å²) in [6.45, 7) is 5.78. The summed E-state index contributed by atoms with van der Waals surface area (Å²) in [6.07, 6.45) is 3.88. The van der Waals surface area contributed by atoms with Crippen molar-refractivity contribution in [1.82, 2.24) is 10.6 Å². The summed E-state index contributed by atoms with van der Waals surface area (Å²) in [7, 11) is 0. The first-order chi connectivity index (χ1) is 10.2. The van der Waals surface area contributed by atoms with Crippen LogP contribution in [0.15, 0.2) is 42.5 Å². The SMILES string of the molecule is CC(CC1CCCN1)NC(C)c1cccc2ccccc12. The molecule has 1 aliphatic rings. The van der Waals surface area contributed by atoms with Crippen molar-refractivity contribution in [3.63, 3.8) is 0 Å². The number of nitrogens with one attached hydrogen (secondary N) is 2. The van der Waals surface area contributed by atoms with Gasteiger partial charge in [0.25, 0.3) is 0 Å². The molecule has 112 valence electrons. The predicted octanol–water partition coefficient (Wildman–Crippen LogP) is 4.02. The zero-order valence-corrected chi connectivity index (χ0v) is 13.1. The third-order valence-electron chi connectivity index (χ3n) is 4.62. The van der Waals surface area contributed by atoms with E-state index in [1.165, 1.54) is 42.1 Å². The molecular formula is C19H26N2. The molecule has 3 atom stereocenters. The van der Waals surface area contributed by atoms with Gasteiger partial charge in [0.1, 0.15) is 0 Å². The third-order valence-corrected chi connectivity index (χ3v) is 4.62. The smallest absolute Gasteiger partial charge is 0.0300 e. The first-order valence-electron chi connectivity index (χ1n) is 8.21. The Balaban J connectivity index is 1.70. The zero-order valence-electron chi connectivity index (χ0n) is 13.1. The maximum absolute atomic E-state index is 3.78. The van der Waals surface area contributed by atoms with Gasteiger partial charge in [-0.2, -0.15) is 0 Å². The van der Waals surface area contributed by atoms with Gasteiger partial charge in [-0.15, -0.1) is 0 Å². The molecule has 1 saturated heterocycles. The Morgan fingerprint density at radius 3 is 2.76 bits per heavy atom. The average Bonchev–Trinajstić information content (AvgIpc) is 2.99. The van der Waals surface area contributed by atoms with Crippen molar-refractivity contribution in [3.05, 3.63) is 48.0 Å². The van der Waals surface area contributed by atoms with Gasteiger partial charge in [-0.1, -0.05) is 42.5 Å². The van der Waals surface area contributed by atoms with Crippen LogP contribution in [0.3, 0.4) is 0 Å². The molecule has 3 rings (SSSR count). The molecule has 0 radical (unpaired) electrons. The molecule has 2 aromatic rings. The molecular weight excluding hydrogens is 256 g/mol. The molecule has 0 aliphatic carbocycles. The van der Waals surface area contributed by atoms with E-state index in [4.69, 9.17) is 0 Å².